The first-order chi connectivity index (χ1) is 15.2. The molecule has 164 valence electrons. The number of carbonyl (C=O) groups excluding carboxylic acids is 2. The zero-order chi connectivity index (χ0) is 21.4. The van der Waals surface area contributed by atoms with Crippen molar-refractivity contribution in [3.63, 3.8) is 0 Å². The number of thiophene rings is 1. The van der Waals surface area contributed by atoms with Crippen molar-refractivity contribution in [1.29, 1.82) is 0 Å². The van der Waals surface area contributed by atoms with E-state index in [9.17, 15) is 9.59 Å². The minimum absolute atomic E-state index is 0.0198. The van der Waals surface area contributed by atoms with Crippen molar-refractivity contribution in [3.8, 4) is 11.5 Å². The first kappa shape index (κ1) is 20.4. The summed E-state index contributed by atoms with van der Waals surface area (Å²) in [6.07, 6.45) is 4.81. The summed E-state index contributed by atoms with van der Waals surface area (Å²) in [5.41, 5.74) is 1.16. The number of fused-ring (bicyclic) bond motifs is 1. The maximum absolute atomic E-state index is 13.4. The van der Waals surface area contributed by atoms with Crippen molar-refractivity contribution >= 4 is 23.2 Å². The molecule has 0 radical (unpaired) electrons. The van der Waals surface area contributed by atoms with Crippen LogP contribution in [0.5, 0.6) is 11.5 Å². The fourth-order valence-electron chi connectivity index (χ4n) is 4.36. The lowest BCUT2D eigenvalue weighted by Gasteiger charge is -2.37. The number of methoxy groups -OCH3 is 1. The number of hydrogen-bond acceptors (Lipinski definition) is 5. The number of nitrogens with zero attached hydrogens (tertiary/aromatic N) is 2. The van der Waals surface area contributed by atoms with Crippen LogP contribution in [-0.2, 0) is 16.0 Å². The topological polar surface area (TPSA) is 59.1 Å². The van der Waals surface area contributed by atoms with Gasteiger partial charge in [-0.3, -0.25) is 9.59 Å². The van der Waals surface area contributed by atoms with Gasteiger partial charge in [0.25, 0.3) is 0 Å². The third-order valence-electron chi connectivity index (χ3n) is 6.38. The molecule has 2 aromatic rings. The highest BCUT2D eigenvalue weighted by atomic mass is 32.1. The molecule has 3 aliphatic rings. The summed E-state index contributed by atoms with van der Waals surface area (Å²) < 4.78 is 11.5. The highest BCUT2D eigenvalue weighted by Crippen LogP contribution is 2.38. The molecule has 1 aliphatic heterocycles. The average molecular weight is 441 g/mol. The second kappa shape index (κ2) is 8.54. The van der Waals surface area contributed by atoms with E-state index in [0.29, 0.717) is 24.7 Å². The Labute approximate surface area is 186 Å². The summed E-state index contributed by atoms with van der Waals surface area (Å²) in [5.74, 6) is 1.68. The summed E-state index contributed by atoms with van der Waals surface area (Å²) in [6, 6.07) is 9.75. The Kier molecular flexibility index (Phi) is 5.61. The standard InChI is InChI=1S/C24H28N2O4S/c1-29-20-4-2-3-5-21(20)30-15-19-18-11-13-31-22(18)10-12-25(19)23(27)14-26(17-8-9-17)24(28)16-6-7-16/h2-5,11,13,16-17,19H,6-10,12,14-15H2,1H3/t19-/m0/s1. The van der Waals surface area contributed by atoms with Gasteiger partial charge in [-0.1, -0.05) is 12.1 Å². The molecule has 1 aromatic carbocycles. The monoisotopic (exact) mass is 440 g/mol. The van der Waals surface area contributed by atoms with E-state index in [1.165, 1.54) is 4.88 Å². The van der Waals surface area contributed by atoms with Crippen LogP contribution in [0.4, 0.5) is 0 Å². The van der Waals surface area contributed by atoms with Crippen LogP contribution in [0.3, 0.4) is 0 Å². The van der Waals surface area contributed by atoms with Crippen molar-refractivity contribution in [1.82, 2.24) is 9.80 Å². The van der Waals surface area contributed by atoms with E-state index in [1.54, 1.807) is 18.4 Å². The first-order valence-electron chi connectivity index (χ1n) is 11.1. The van der Waals surface area contributed by atoms with Gasteiger partial charge >= 0.3 is 0 Å². The number of ether oxygens (including phenoxy) is 2. The van der Waals surface area contributed by atoms with Crippen LogP contribution in [0, 0.1) is 5.92 Å². The van der Waals surface area contributed by atoms with Crippen LogP contribution in [-0.4, -0.2) is 54.5 Å². The SMILES string of the molecule is COc1ccccc1OC[C@H]1c2ccsc2CCN1C(=O)CN(C(=O)C1CC1)C1CC1. The molecule has 5 rings (SSSR count). The molecule has 2 aliphatic carbocycles. The number of para-hydroxylation sites is 2. The van der Waals surface area contributed by atoms with Gasteiger partial charge in [0.2, 0.25) is 11.8 Å². The average Bonchev–Trinajstić information content (AvgIpc) is 3.72. The molecule has 6 nitrogen and oxygen atoms in total. The van der Waals surface area contributed by atoms with E-state index >= 15 is 0 Å². The lowest BCUT2D eigenvalue weighted by atomic mass is 10.0. The van der Waals surface area contributed by atoms with E-state index < -0.39 is 0 Å². The molecule has 0 unspecified atom stereocenters. The Hall–Kier alpha value is -2.54. The fourth-order valence-corrected chi connectivity index (χ4v) is 5.28. The van der Waals surface area contributed by atoms with Crippen molar-refractivity contribution < 1.29 is 19.1 Å². The lowest BCUT2D eigenvalue weighted by Crippen LogP contribution is -2.48. The zero-order valence-corrected chi connectivity index (χ0v) is 18.6. The third-order valence-corrected chi connectivity index (χ3v) is 7.38. The molecule has 2 saturated carbocycles. The molecule has 0 N–H and O–H groups in total. The van der Waals surface area contributed by atoms with E-state index in [-0.39, 0.29) is 36.4 Å². The number of rotatable bonds is 8. The van der Waals surface area contributed by atoms with Crippen LogP contribution in [0.2, 0.25) is 0 Å². The molecule has 2 amide bonds. The number of hydrogen-bond donors (Lipinski definition) is 0. The molecule has 31 heavy (non-hydrogen) atoms. The Bertz CT molecular complexity index is 966. The third kappa shape index (κ3) is 4.28. The predicted octanol–water partition coefficient (Wildman–Crippen LogP) is 3.66. The van der Waals surface area contributed by atoms with Gasteiger partial charge in [-0.15, -0.1) is 11.3 Å². The maximum Gasteiger partial charge on any atom is 0.242 e. The van der Waals surface area contributed by atoms with Crippen LogP contribution < -0.4 is 9.47 Å². The molecule has 0 spiro atoms. The molecule has 2 fully saturated rings. The molecule has 1 aromatic heterocycles. The Morgan fingerprint density at radius 3 is 2.61 bits per heavy atom. The van der Waals surface area contributed by atoms with Gasteiger partial charge in [0.1, 0.15) is 13.2 Å². The molecule has 1 atom stereocenters. The zero-order valence-electron chi connectivity index (χ0n) is 17.8. The van der Waals surface area contributed by atoms with E-state index in [2.05, 4.69) is 11.4 Å². The highest BCUT2D eigenvalue weighted by Gasteiger charge is 2.42. The molecule has 0 bridgehead atoms. The smallest absolute Gasteiger partial charge is 0.242 e. The number of amides is 2. The largest absolute Gasteiger partial charge is 0.493 e. The Morgan fingerprint density at radius 1 is 1.13 bits per heavy atom. The van der Waals surface area contributed by atoms with E-state index in [4.69, 9.17) is 9.47 Å². The summed E-state index contributed by atoms with van der Waals surface area (Å²) in [5, 5.41) is 2.09. The normalized spacial score (nSPS) is 20.2. The van der Waals surface area contributed by atoms with Crippen LogP contribution in [0.15, 0.2) is 35.7 Å². The first-order valence-corrected chi connectivity index (χ1v) is 12.0. The van der Waals surface area contributed by atoms with Gasteiger partial charge in [0.15, 0.2) is 11.5 Å². The van der Waals surface area contributed by atoms with Crippen molar-refractivity contribution in [2.24, 2.45) is 5.92 Å². The Balaban J connectivity index is 1.33. The maximum atomic E-state index is 13.4. The molecule has 7 heteroatoms. The predicted molar refractivity (Wildman–Crippen MR) is 118 cm³/mol. The molecular formula is C24H28N2O4S. The number of carbonyl (C=O) groups is 2. The van der Waals surface area contributed by atoms with Crippen LogP contribution >= 0.6 is 11.3 Å². The highest BCUT2D eigenvalue weighted by molar-refractivity contribution is 7.10. The van der Waals surface area contributed by atoms with Crippen molar-refractivity contribution in [2.75, 3.05) is 26.8 Å². The second-order valence-electron chi connectivity index (χ2n) is 8.59. The van der Waals surface area contributed by atoms with Crippen LogP contribution in [0.1, 0.15) is 42.2 Å². The minimum Gasteiger partial charge on any atom is -0.493 e. The Morgan fingerprint density at radius 2 is 1.90 bits per heavy atom. The summed E-state index contributed by atoms with van der Waals surface area (Å²) in [7, 11) is 1.62. The van der Waals surface area contributed by atoms with Gasteiger partial charge in [0, 0.05) is 23.4 Å². The van der Waals surface area contributed by atoms with Crippen LogP contribution in [0.25, 0.3) is 0 Å². The molecule has 2 heterocycles. The van der Waals surface area contributed by atoms with Gasteiger partial charge in [0.05, 0.1) is 13.2 Å². The summed E-state index contributed by atoms with van der Waals surface area (Å²) in [6.45, 7) is 1.20. The van der Waals surface area contributed by atoms with Gasteiger partial charge < -0.3 is 19.3 Å². The minimum atomic E-state index is -0.163. The van der Waals surface area contributed by atoms with Gasteiger partial charge in [-0.05, 0) is 61.2 Å². The molecule has 0 saturated heterocycles. The summed E-state index contributed by atoms with van der Waals surface area (Å²) >= 11 is 1.74. The number of benzene rings is 1. The van der Waals surface area contributed by atoms with Crippen molar-refractivity contribution in [3.05, 3.63) is 46.2 Å². The van der Waals surface area contributed by atoms with Gasteiger partial charge in [-0.2, -0.15) is 0 Å². The van der Waals surface area contributed by atoms with Gasteiger partial charge in [-0.25, -0.2) is 0 Å². The fraction of sp³-hybridized carbons (Fsp3) is 0.500. The van der Waals surface area contributed by atoms with E-state index in [0.717, 1.165) is 37.7 Å². The quantitative estimate of drug-likeness (QED) is 0.629. The summed E-state index contributed by atoms with van der Waals surface area (Å²) in [4.78, 5) is 31.2. The molecular weight excluding hydrogens is 412 g/mol. The second-order valence-corrected chi connectivity index (χ2v) is 9.59. The van der Waals surface area contributed by atoms with Crippen molar-refractivity contribution in [2.45, 2.75) is 44.2 Å². The lowest BCUT2D eigenvalue weighted by molar-refractivity contribution is -0.143. The van der Waals surface area contributed by atoms with E-state index in [1.807, 2.05) is 34.1 Å².